The Hall–Kier alpha value is -2.99. The summed E-state index contributed by atoms with van der Waals surface area (Å²) in [7, 11) is -3.39. The molecule has 0 aliphatic carbocycles. The zero-order valence-electron chi connectivity index (χ0n) is 20.1. The Labute approximate surface area is 208 Å². The summed E-state index contributed by atoms with van der Waals surface area (Å²) in [5.74, 6) is 0.339. The second-order valence-electron chi connectivity index (χ2n) is 9.32. The predicted molar refractivity (Wildman–Crippen MR) is 130 cm³/mol. The number of nitrogens with zero attached hydrogens (tertiary/aromatic N) is 5. The number of benzene rings is 1. The van der Waals surface area contributed by atoms with Crippen molar-refractivity contribution < 1.29 is 21.6 Å². The number of rotatable bonds is 8. The molecule has 0 saturated carbocycles. The summed E-state index contributed by atoms with van der Waals surface area (Å²) >= 11 is 0. The minimum absolute atomic E-state index is 0.240. The van der Waals surface area contributed by atoms with Gasteiger partial charge in [0, 0.05) is 18.4 Å². The molecule has 1 aliphatic rings. The number of hydrogen-bond donors (Lipinski definition) is 1. The minimum Gasteiger partial charge on any atom is -0.297 e. The number of hydrogen-bond acceptors (Lipinski definition) is 6. The average Bonchev–Trinajstić information content (AvgIpc) is 3.25. The molecule has 1 fully saturated rings. The highest BCUT2D eigenvalue weighted by atomic mass is 32.2. The molecule has 12 heteroatoms. The number of alkyl halides is 3. The van der Waals surface area contributed by atoms with E-state index in [9.17, 15) is 21.6 Å². The molecule has 0 bridgehead atoms. The number of anilines is 1. The Morgan fingerprint density at radius 1 is 1.08 bits per heavy atom. The van der Waals surface area contributed by atoms with Crippen LogP contribution < -0.4 is 4.72 Å². The summed E-state index contributed by atoms with van der Waals surface area (Å²) in [5.41, 5.74) is 2.18. The number of nitrogens with one attached hydrogen (secondary N) is 1. The van der Waals surface area contributed by atoms with Gasteiger partial charge in [0.25, 0.3) is 0 Å². The molecule has 1 N–H and O–H groups in total. The molecule has 2 aromatic heterocycles. The van der Waals surface area contributed by atoms with Crippen LogP contribution in [-0.4, -0.2) is 51.6 Å². The van der Waals surface area contributed by atoms with E-state index >= 15 is 0 Å². The highest BCUT2D eigenvalue weighted by Crippen LogP contribution is 2.31. The maximum absolute atomic E-state index is 12.7. The monoisotopic (exact) mass is 522 g/mol. The standard InChI is InChI=1S/C24H29F3N6O2S/c1-17(2)36(34,35)30-21-5-3-4-19(12-21)18-8-10-32(11-9-18)14-23-16-33(31-29-23)15-22-7-6-20(13-28-22)24(25,26)27/h3-7,12-13,16-18,30H,8-11,14-15H2,1-2H3. The zero-order valence-corrected chi connectivity index (χ0v) is 20.9. The Kier molecular flexibility index (Phi) is 7.65. The van der Waals surface area contributed by atoms with Crippen LogP contribution in [0.4, 0.5) is 18.9 Å². The van der Waals surface area contributed by atoms with E-state index in [1.807, 2.05) is 18.2 Å². The van der Waals surface area contributed by atoms with Crippen molar-refractivity contribution in [2.24, 2.45) is 0 Å². The number of likely N-dealkylation sites (tertiary alicyclic amines) is 1. The largest absolute Gasteiger partial charge is 0.417 e. The molecule has 0 spiro atoms. The van der Waals surface area contributed by atoms with Gasteiger partial charge < -0.3 is 0 Å². The quantitative estimate of drug-likeness (QED) is 0.475. The summed E-state index contributed by atoms with van der Waals surface area (Å²) in [6.45, 7) is 5.88. The van der Waals surface area contributed by atoms with E-state index in [-0.39, 0.29) is 6.54 Å². The zero-order chi connectivity index (χ0) is 25.9. The maximum Gasteiger partial charge on any atom is 0.417 e. The maximum atomic E-state index is 12.7. The van der Waals surface area contributed by atoms with E-state index < -0.39 is 27.0 Å². The molecular weight excluding hydrogens is 493 g/mol. The van der Waals surface area contributed by atoms with Crippen molar-refractivity contribution in [3.8, 4) is 0 Å². The van der Waals surface area contributed by atoms with Crippen LogP contribution in [0.2, 0.25) is 0 Å². The fourth-order valence-electron chi connectivity index (χ4n) is 4.13. The van der Waals surface area contributed by atoms with Gasteiger partial charge in [-0.15, -0.1) is 5.10 Å². The number of aromatic nitrogens is 4. The van der Waals surface area contributed by atoms with Crippen LogP contribution in [0, 0.1) is 0 Å². The van der Waals surface area contributed by atoms with E-state index in [4.69, 9.17) is 0 Å². The third-order valence-corrected chi connectivity index (χ3v) is 8.04. The molecule has 1 aliphatic heterocycles. The Balaban J connectivity index is 1.29. The second kappa shape index (κ2) is 10.6. The summed E-state index contributed by atoms with van der Waals surface area (Å²) in [6.07, 6.45) is 0.0730. The lowest BCUT2D eigenvalue weighted by Crippen LogP contribution is -2.32. The van der Waals surface area contributed by atoms with Gasteiger partial charge in [0.2, 0.25) is 10.0 Å². The lowest BCUT2D eigenvalue weighted by Gasteiger charge is -2.31. The number of sulfonamides is 1. The Morgan fingerprint density at radius 2 is 1.83 bits per heavy atom. The van der Waals surface area contributed by atoms with Crippen molar-refractivity contribution in [2.75, 3.05) is 17.8 Å². The second-order valence-corrected chi connectivity index (χ2v) is 11.6. The van der Waals surface area contributed by atoms with Gasteiger partial charge in [-0.25, -0.2) is 13.1 Å². The molecule has 194 valence electrons. The van der Waals surface area contributed by atoms with Crippen molar-refractivity contribution in [1.82, 2.24) is 24.9 Å². The van der Waals surface area contributed by atoms with Gasteiger partial charge in [0.15, 0.2) is 0 Å². The van der Waals surface area contributed by atoms with E-state index in [0.29, 0.717) is 23.8 Å². The molecule has 4 rings (SSSR count). The van der Waals surface area contributed by atoms with Crippen LogP contribution >= 0.6 is 0 Å². The smallest absolute Gasteiger partial charge is 0.297 e. The lowest BCUT2D eigenvalue weighted by molar-refractivity contribution is -0.137. The first kappa shape index (κ1) is 26.1. The fourth-order valence-corrected chi connectivity index (χ4v) is 4.82. The molecule has 8 nitrogen and oxygen atoms in total. The van der Waals surface area contributed by atoms with Crippen molar-refractivity contribution in [1.29, 1.82) is 0 Å². The summed E-state index contributed by atoms with van der Waals surface area (Å²) in [5, 5.41) is 7.78. The van der Waals surface area contributed by atoms with E-state index in [2.05, 4.69) is 24.9 Å². The third-order valence-electron chi connectivity index (χ3n) is 6.27. The first-order chi connectivity index (χ1) is 17.0. The van der Waals surface area contributed by atoms with Gasteiger partial charge in [0.1, 0.15) is 0 Å². The van der Waals surface area contributed by atoms with Crippen LogP contribution in [0.25, 0.3) is 0 Å². The van der Waals surface area contributed by atoms with E-state index in [1.165, 1.54) is 6.07 Å². The van der Waals surface area contributed by atoms with Gasteiger partial charge >= 0.3 is 6.18 Å². The third kappa shape index (κ3) is 6.61. The van der Waals surface area contributed by atoms with Gasteiger partial charge in [-0.1, -0.05) is 17.3 Å². The molecule has 0 unspecified atom stereocenters. The van der Waals surface area contributed by atoms with Crippen molar-refractivity contribution >= 4 is 15.7 Å². The van der Waals surface area contributed by atoms with Gasteiger partial charge in [0.05, 0.1) is 34.9 Å². The molecule has 3 aromatic rings. The first-order valence-electron chi connectivity index (χ1n) is 11.7. The molecule has 0 radical (unpaired) electrons. The van der Waals surface area contributed by atoms with E-state index in [1.54, 1.807) is 30.8 Å². The van der Waals surface area contributed by atoms with Gasteiger partial charge in [-0.3, -0.25) is 14.6 Å². The Bertz CT molecular complexity index is 1270. The fraction of sp³-hybridized carbons (Fsp3) is 0.458. The van der Waals surface area contributed by atoms with Crippen LogP contribution in [0.15, 0.2) is 48.8 Å². The number of piperidine rings is 1. The summed E-state index contributed by atoms with van der Waals surface area (Å²) < 4.78 is 66.7. The molecule has 3 heterocycles. The van der Waals surface area contributed by atoms with Crippen LogP contribution in [0.3, 0.4) is 0 Å². The lowest BCUT2D eigenvalue weighted by atomic mass is 9.89. The highest BCUT2D eigenvalue weighted by molar-refractivity contribution is 7.93. The minimum atomic E-state index is -4.41. The molecule has 0 amide bonds. The summed E-state index contributed by atoms with van der Waals surface area (Å²) in [6, 6.07) is 9.96. The predicted octanol–water partition coefficient (Wildman–Crippen LogP) is 4.27. The van der Waals surface area contributed by atoms with Crippen LogP contribution in [0.1, 0.15) is 55.1 Å². The normalized spacial score (nSPS) is 15.9. The average molecular weight is 523 g/mol. The number of pyridine rings is 1. The van der Waals surface area contributed by atoms with Crippen molar-refractivity contribution in [3.63, 3.8) is 0 Å². The molecule has 36 heavy (non-hydrogen) atoms. The summed E-state index contributed by atoms with van der Waals surface area (Å²) in [4.78, 5) is 6.16. The van der Waals surface area contributed by atoms with E-state index in [0.717, 1.165) is 49.5 Å². The molecule has 0 atom stereocenters. The Morgan fingerprint density at radius 3 is 2.47 bits per heavy atom. The highest BCUT2D eigenvalue weighted by Gasteiger charge is 2.30. The van der Waals surface area contributed by atoms with Gasteiger partial charge in [-0.2, -0.15) is 13.2 Å². The topological polar surface area (TPSA) is 93.0 Å². The SMILES string of the molecule is CC(C)S(=O)(=O)Nc1cccc(C2CCN(Cc3cn(Cc4ccc(C(F)(F)F)cn4)nn3)CC2)c1. The van der Waals surface area contributed by atoms with Crippen molar-refractivity contribution in [2.45, 2.75) is 57.1 Å². The molecule has 1 saturated heterocycles. The molecule has 1 aromatic carbocycles. The molecular formula is C24H29F3N6O2S. The van der Waals surface area contributed by atoms with Crippen molar-refractivity contribution in [3.05, 3.63) is 71.3 Å². The van der Waals surface area contributed by atoms with Gasteiger partial charge in [-0.05, 0) is 75.5 Å². The van der Waals surface area contributed by atoms with Crippen LogP contribution in [0.5, 0.6) is 0 Å². The first-order valence-corrected chi connectivity index (χ1v) is 13.3. The number of halogens is 3. The van der Waals surface area contributed by atoms with Crippen LogP contribution in [-0.2, 0) is 29.3 Å².